The van der Waals surface area contributed by atoms with Crippen molar-refractivity contribution in [1.82, 2.24) is 9.47 Å². The van der Waals surface area contributed by atoms with Crippen molar-refractivity contribution in [3.05, 3.63) is 78.7 Å². The van der Waals surface area contributed by atoms with E-state index in [0.29, 0.717) is 28.9 Å². The number of nitrogens with zero attached hydrogens (tertiary/aromatic N) is 3. The molecule has 0 bridgehead atoms. The number of likely N-dealkylation sites (tertiary alicyclic amines) is 1. The van der Waals surface area contributed by atoms with Gasteiger partial charge in [0.25, 0.3) is 11.5 Å². The number of hydrogen-bond donors (Lipinski definition) is 0. The standard InChI is InChI=1S/C26H23F2N3O3S/c1-16-5-10-21(17(2)13-16)31-24(33)22(14-18-6-8-19(9-7-18)34-26(27)28)35-25(31)20(15-29)23(32)30-11-3-4-12-30/h5-10,13-14,26H,3-4,11-12H2,1-2H3/b22-14-,25-20+. The molecule has 0 radical (unpaired) electrons. The lowest BCUT2D eigenvalue weighted by Gasteiger charge is -2.14. The smallest absolute Gasteiger partial charge is 0.387 e. The molecule has 2 heterocycles. The van der Waals surface area contributed by atoms with E-state index in [1.54, 1.807) is 29.2 Å². The van der Waals surface area contributed by atoms with Crippen molar-refractivity contribution in [2.45, 2.75) is 33.3 Å². The molecule has 1 amide bonds. The molecule has 180 valence electrons. The van der Waals surface area contributed by atoms with Crippen molar-refractivity contribution in [2.75, 3.05) is 13.1 Å². The number of benzene rings is 2. The summed E-state index contributed by atoms with van der Waals surface area (Å²) in [6.07, 6.45) is 3.37. The summed E-state index contributed by atoms with van der Waals surface area (Å²) in [5, 5.41) is 9.96. The summed E-state index contributed by atoms with van der Waals surface area (Å²) in [4.78, 5) is 28.4. The zero-order valence-electron chi connectivity index (χ0n) is 19.3. The second kappa shape index (κ2) is 10.2. The van der Waals surface area contributed by atoms with Gasteiger partial charge in [0.1, 0.15) is 16.5 Å². The molecule has 1 aliphatic heterocycles. The van der Waals surface area contributed by atoms with E-state index in [-0.39, 0.29) is 27.5 Å². The van der Waals surface area contributed by atoms with E-state index in [1.807, 2.05) is 32.0 Å². The summed E-state index contributed by atoms with van der Waals surface area (Å²) in [6, 6.07) is 13.5. The molecule has 1 aliphatic rings. The van der Waals surface area contributed by atoms with Crippen molar-refractivity contribution >= 4 is 28.9 Å². The molecule has 0 spiro atoms. The van der Waals surface area contributed by atoms with Crippen LogP contribution in [0, 0.1) is 25.2 Å². The highest BCUT2D eigenvalue weighted by atomic mass is 32.1. The highest BCUT2D eigenvalue weighted by molar-refractivity contribution is 7.07. The number of thiazole rings is 1. The number of nitriles is 1. The third-order valence-corrected chi connectivity index (χ3v) is 6.85. The number of alkyl halides is 2. The molecule has 35 heavy (non-hydrogen) atoms. The molecule has 2 aromatic carbocycles. The first-order valence-corrected chi connectivity index (χ1v) is 11.9. The highest BCUT2D eigenvalue weighted by Crippen LogP contribution is 2.17. The number of aryl methyl sites for hydroxylation is 2. The van der Waals surface area contributed by atoms with E-state index >= 15 is 0 Å². The van der Waals surface area contributed by atoms with Crippen LogP contribution in [0.15, 0.2) is 47.3 Å². The SMILES string of the molecule is Cc1ccc(-n2c(=O)/c(=C/c3ccc(OC(F)F)cc3)s/c2=C(\C#N)C(=O)N2CCCC2)c(C)c1. The van der Waals surface area contributed by atoms with E-state index < -0.39 is 6.61 Å². The van der Waals surface area contributed by atoms with E-state index in [2.05, 4.69) is 4.74 Å². The van der Waals surface area contributed by atoms with Gasteiger partial charge in [-0.25, -0.2) is 0 Å². The van der Waals surface area contributed by atoms with Gasteiger partial charge in [0, 0.05) is 13.1 Å². The van der Waals surface area contributed by atoms with Crippen LogP contribution in [-0.4, -0.2) is 35.1 Å². The Balaban J connectivity index is 1.94. The van der Waals surface area contributed by atoms with Crippen molar-refractivity contribution in [3.63, 3.8) is 0 Å². The van der Waals surface area contributed by atoms with Crippen LogP contribution in [-0.2, 0) is 4.79 Å². The molecule has 0 unspecified atom stereocenters. The van der Waals surface area contributed by atoms with Gasteiger partial charge in [0.2, 0.25) is 0 Å². The number of amides is 1. The maximum Gasteiger partial charge on any atom is 0.387 e. The number of halogens is 2. The monoisotopic (exact) mass is 495 g/mol. The molecule has 0 atom stereocenters. The van der Waals surface area contributed by atoms with Gasteiger partial charge in [0.05, 0.1) is 10.2 Å². The molecule has 1 saturated heterocycles. The average molecular weight is 496 g/mol. The Morgan fingerprint density at radius 2 is 1.83 bits per heavy atom. The van der Waals surface area contributed by atoms with Crippen LogP contribution in [0.2, 0.25) is 0 Å². The molecule has 1 fully saturated rings. The fraction of sp³-hybridized carbons (Fsp3) is 0.269. The average Bonchev–Trinajstić information content (AvgIpc) is 3.45. The molecule has 1 aromatic heterocycles. The number of aromatic nitrogens is 1. The Labute approximate surface area is 204 Å². The van der Waals surface area contributed by atoms with Gasteiger partial charge < -0.3 is 9.64 Å². The van der Waals surface area contributed by atoms with E-state index in [4.69, 9.17) is 0 Å². The van der Waals surface area contributed by atoms with Gasteiger partial charge in [-0.15, -0.1) is 11.3 Å². The van der Waals surface area contributed by atoms with E-state index in [9.17, 15) is 23.6 Å². The maximum absolute atomic E-state index is 13.6. The van der Waals surface area contributed by atoms with Gasteiger partial charge in [0.15, 0.2) is 5.57 Å². The van der Waals surface area contributed by atoms with Crippen molar-refractivity contribution in [3.8, 4) is 17.5 Å². The van der Waals surface area contributed by atoms with Crippen molar-refractivity contribution in [2.24, 2.45) is 0 Å². The molecule has 3 aromatic rings. The minimum absolute atomic E-state index is 0.00743. The topological polar surface area (TPSA) is 75.3 Å². The Kier molecular flexibility index (Phi) is 7.12. The maximum atomic E-state index is 13.6. The first-order valence-electron chi connectivity index (χ1n) is 11.1. The zero-order valence-corrected chi connectivity index (χ0v) is 20.1. The minimum Gasteiger partial charge on any atom is -0.435 e. The third kappa shape index (κ3) is 5.17. The first kappa shape index (κ1) is 24.4. The number of carbonyl (C=O) groups is 1. The molecule has 4 rings (SSSR count). The lowest BCUT2D eigenvalue weighted by molar-refractivity contribution is -0.123. The highest BCUT2D eigenvalue weighted by Gasteiger charge is 2.24. The molecule has 6 nitrogen and oxygen atoms in total. The Morgan fingerprint density at radius 1 is 1.14 bits per heavy atom. The molecule has 0 aliphatic carbocycles. The van der Waals surface area contributed by atoms with E-state index in [0.717, 1.165) is 35.3 Å². The van der Waals surface area contributed by atoms with Crippen LogP contribution < -0.4 is 19.5 Å². The molecular formula is C26H23F2N3O3S. The summed E-state index contributed by atoms with van der Waals surface area (Å²) < 4.78 is 31.3. The number of ether oxygens (including phenoxy) is 1. The van der Waals surface area contributed by atoms with Gasteiger partial charge in [-0.3, -0.25) is 14.2 Å². The van der Waals surface area contributed by atoms with Gasteiger partial charge in [-0.05, 0) is 62.1 Å². The Hall–Kier alpha value is -3.77. The number of carbonyl (C=O) groups excluding carboxylic acids is 1. The first-order chi connectivity index (χ1) is 16.8. The van der Waals surface area contributed by atoms with E-state index in [1.165, 1.54) is 16.7 Å². The van der Waals surface area contributed by atoms with Crippen molar-refractivity contribution in [1.29, 1.82) is 5.26 Å². The third-order valence-electron chi connectivity index (χ3n) is 5.75. The van der Waals surface area contributed by atoms with Crippen LogP contribution in [0.1, 0.15) is 29.5 Å². The second-order valence-electron chi connectivity index (χ2n) is 8.28. The molecule has 0 saturated carbocycles. The quantitative estimate of drug-likeness (QED) is 0.545. The van der Waals surface area contributed by atoms with Gasteiger partial charge in [-0.1, -0.05) is 29.8 Å². The summed E-state index contributed by atoms with van der Waals surface area (Å²) in [5.41, 5.74) is 2.59. The lowest BCUT2D eigenvalue weighted by Crippen LogP contribution is -2.35. The van der Waals surface area contributed by atoms with Gasteiger partial charge in [-0.2, -0.15) is 14.0 Å². The second-order valence-corrected chi connectivity index (χ2v) is 9.31. The molecule has 9 heteroatoms. The van der Waals surface area contributed by atoms with Crippen LogP contribution in [0.4, 0.5) is 8.78 Å². The fourth-order valence-electron chi connectivity index (χ4n) is 4.09. The van der Waals surface area contributed by atoms with Crippen LogP contribution >= 0.6 is 11.3 Å². The van der Waals surface area contributed by atoms with Crippen LogP contribution in [0.25, 0.3) is 17.3 Å². The molecular weight excluding hydrogens is 472 g/mol. The minimum atomic E-state index is -2.93. The fourth-order valence-corrected chi connectivity index (χ4v) is 5.18. The Morgan fingerprint density at radius 3 is 2.43 bits per heavy atom. The Bertz CT molecular complexity index is 1480. The lowest BCUT2D eigenvalue weighted by atomic mass is 10.1. The zero-order chi connectivity index (χ0) is 25.1. The normalized spacial score (nSPS) is 14.9. The number of hydrogen-bond acceptors (Lipinski definition) is 5. The van der Waals surface area contributed by atoms with Gasteiger partial charge >= 0.3 is 6.61 Å². The van der Waals surface area contributed by atoms with Crippen molar-refractivity contribution < 1.29 is 18.3 Å². The molecule has 0 N–H and O–H groups in total. The van der Waals surface area contributed by atoms with Crippen LogP contribution in [0.3, 0.4) is 0 Å². The summed E-state index contributed by atoms with van der Waals surface area (Å²) in [5.74, 6) is -0.377. The van der Waals surface area contributed by atoms with Crippen LogP contribution in [0.5, 0.6) is 5.75 Å². The predicted octanol–water partition coefficient (Wildman–Crippen LogP) is 3.24. The number of rotatable bonds is 5. The summed E-state index contributed by atoms with van der Waals surface area (Å²) in [7, 11) is 0. The summed E-state index contributed by atoms with van der Waals surface area (Å²) >= 11 is 1.06. The predicted molar refractivity (Wildman–Crippen MR) is 130 cm³/mol. The summed E-state index contributed by atoms with van der Waals surface area (Å²) in [6.45, 7) is 2.04. The largest absolute Gasteiger partial charge is 0.435 e.